The lowest BCUT2D eigenvalue weighted by molar-refractivity contribution is -0.117. The smallest absolute Gasteiger partial charge is 0.244 e. The van der Waals surface area contributed by atoms with Gasteiger partial charge in [0.1, 0.15) is 17.4 Å². The number of fused-ring (bicyclic) bond motifs is 1. The number of rotatable bonds is 6. The topological polar surface area (TPSA) is 58.6 Å². The molecule has 4 nitrogen and oxygen atoms in total. The molecule has 0 bridgehead atoms. The fraction of sp³-hybridized carbons (Fsp3) is 0.136. The van der Waals surface area contributed by atoms with Crippen LogP contribution in [-0.4, -0.2) is 24.7 Å². The SMILES string of the molecule is COc1ccc2ccc([C@H](CO)NC(=O)/C=C/c3ccc(F)cc3F)cc2c1. The molecule has 3 aromatic rings. The standard InChI is InChI=1S/C22H19F2NO3/c1-28-19-8-5-14-2-3-16(10-17(14)11-19)21(13-26)25-22(27)9-6-15-4-7-18(23)12-20(15)24/h2-12,21,26H,13H2,1H3,(H,25,27)/b9-6+/t21-/m0/s1. The molecule has 0 aliphatic rings. The summed E-state index contributed by atoms with van der Waals surface area (Å²) >= 11 is 0. The van der Waals surface area contributed by atoms with Gasteiger partial charge in [-0.1, -0.05) is 18.2 Å². The van der Waals surface area contributed by atoms with E-state index in [1.807, 2.05) is 36.4 Å². The fourth-order valence-corrected chi connectivity index (χ4v) is 2.84. The molecule has 0 aliphatic carbocycles. The van der Waals surface area contributed by atoms with Crippen molar-refractivity contribution in [1.82, 2.24) is 5.32 Å². The molecule has 0 aliphatic heterocycles. The number of aliphatic hydroxyl groups excluding tert-OH is 1. The number of nitrogens with one attached hydrogen (secondary N) is 1. The Labute approximate surface area is 161 Å². The van der Waals surface area contributed by atoms with E-state index in [0.29, 0.717) is 5.75 Å². The van der Waals surface area contributed by atoms with Crippen LogP contribution in [0.15, 0.2) is 60.7 Å². The van der Waals surface area contributed by atoms with Crippen molar-refractivity contribution in [3.8, 4) is 5.75 Å². The molecule has 28 heavy (non-hydrogen) atoms. The van der Waals surface area contributed by atoms with Gasteiger partial charge in [0, 0.05) is 17.7 Å². The summed E-state index contributed by atoms with van der Waals surface area (Å²) in [5.41, 5.74) is 0.813. The summed E-state index contributed by atoms with van der Waals surface area (Å²) in [4.78, 5) is 12.2. The number of hydrogen-bond acceptors (Lipinski definition) is 3. The minimum absolute atomic E-state index is 0.0925. The zero-order chi connectivity index (χ0) is 20.1. The van der Waals surface area contributed by atoms with Gasteiger partial charge < -0.3 is 15.2 Å². The first-order valence-electron chi connectivity index (χ1n) is 8.62. The van der Waals surface area contributed by atoms with Crippen LogP contribution in [0.25, 0.3) is 16.8 Å². The maximum Gasteiger partial charge on any atom is 0.244 e. The molecule has 0 unspecified atom stereocenters. The van der Waals surface area contributed by atoms with Crippen molar-refractivity contribution < 1.29 is 23.4 Å². The lowest BCUT2D eigenvalue weighted by Crippen LogP contribution is -2.29. The first-order valence-corrected chi connectivity index (χ1v) is 8.62. The third-order valence-corrected chi connectivity index (χ3v) is 4.35. The van der Waals surface area contributed by atoms with Gasteiger partial charge in [-0.2, -0.15) is 0 Å². The number of methoxy groups -OCH3 is 1. The quantitative estimate of drug-likeness (QED) is 0.633. The van der Waals surface area contributed by atoms with Gasteiger partial charge in [0.15, 0.2) is 0 Å². The van der Waals surface area contributed by atoms with Crippen molar-refractivity contribution in [3.63, 3.8) is 0 Å². The van der Waals surface area contributed by atoms with Crippen LogP contribution >= 0.6 is 0 Å². The average Bonchev–Trinajstić information content (AvgIpc) is 2.70. The van der Waals surface area contributed by atoms with Crippen molar-refractivity contribution in [1.29, 1.82) is 0 Å². The van der Waals surface area contributed by atoms with Gasteiger partial charge in [0.25, 0.3) is 0 Å². The Bertz CT molecular complexity index is 1030. The molecular weight excluding hydrogens is 364 g/mol. The van der Waals surface area contributed by atoms with Crippen LogP contribution in [0.2, 0.25) is 0 Å². The van der Waals surface area contributed by atoms with Gasteiger partial charge in [-0.15, -0.1) is 0 Å². The number of aliphatic hydroxyl groups is 1. The van der Waals surface area contributed by atoms with Crippen molar-refractivity contribution in [2.75, 3.05) is 13.7 Å². The average molecular weight is 383 g/mol. The van der Waals surface area contributed by atoms with Crippen LogP contribution in [0, 0.1) is 11.6 Å². The number of carbonyl (C=O) groups excluding carboxylic acids is 1. The van der Waals surface area contributed by atoms with E-state index in [4.69, 9.17) is 4.74 Å². The Hall–Kier alpha value is -3.25. The molecule has 3 rings (SSSR count). The highest BCUT2D eigenvalue weighted by molar-refractivity contribution is 5.92. The van der Waals surface area contributed by atoms with Gasteiger partial charge in [-0.3, -0.25) is 4.79 Å². The summed E-state index contributed by atoms with van der Waals surface area (Å²) in [6, 6.07) is 13.7. The molecule has 0 saturated heterocycles. The molecule has 0 spiro atoms. The second-order valence-corrected chi connectivity index (χ2v) is 6.22. The van der Waals surface area contributed by atoms with E-state index in [-0.39, 0.29) is 12.2 Å². The highest BCUT2D eigenvalue weighted by atomic mass is 19.1. The zero-order valence-electron chi connectivity index (χ0n) is 15.2. The summed E-state index contributed by atoms with van der Waals surface area (Å²) < 4.78 is 31.8. The lowest BCUT2D eigenvalue weighted by atomic mass is 10.0. The van der Waals surface area contributed by atoms with E-state index in [1.165, 1.54) is 12.1 Å². The van der Waals surface area contributed by atoms with E-state index in [0.717, 1.165) is 34.5 Å². The zero-order valence-corrected chi connectivity index (χ0v) is 15.2. The largest absolute Gasteiger partial charge is 0.497 e. The highest BCUT2D eigenvalue weighted by Crippen LogP contribution is 2.24. The van der Waals surface area contributed by atoms with E-state index in [2.05, 4.69) is 5.32 Å². The van der Waals surface area contributed by atoms with Gasteiger partial charge in [-0.05, 0) is 52.7 Å². The molecule has 2 N–H and O–H groups in total. The van der Waals surface area contributed by atoms with E-state index in [9.17, 15) is 18.7 Å². The molecular formula is C22H19F2NO3. The van der Waals surface area contributed by atoms with Gasteiger partial charge in [-0.25, -0.2) is 8.78 Å². The van der Waals surface area contributed by atoms with Gasteiger partial charge >= 0.3 is 0 Å². The van der Waals surface area contributed by atoms with Crippen LogP contribution in [0.3, 0.4) is 0 Å². The molecule has 0 radical (unpaired) electrons. The maximum atomic E-state index is 13.6. The predicted octanol–water partition coefficient (Wildman–Crippen LogP) is 3.99. The minimum Gasteiger partial charge on any atom is -0.497 e. The molecule has 6 heteroatoms. The van der Waals surface area contributed by atoms with E-state index < -0.39 is 23.6 Å². The van der Waals surface area contributed by atoms with Crippen molar-refractivity contribution >= 4 is 22.8 Å². The number of ether oxygens (including phenoxy) is 1. The van der Waals surface area contributed by atoms with Crippen LogP contribution in [-0.2, 0) is 4.79 Å². The van der Waals surface area contributed by atoms with Crippen molar-refractivity contribution in [3.05, 3.63) is 83.4 Å². The summed E-state index contributed by atoms with van der Waals surface area (Å²) in [6.07, 6.45) is 2.40. The second kappa shape index (κ2) is 8.63. The van der Waals surface area contributed by atoms with Gasteiger partial charge in [0.2, 0.25) is 5.91 Å². The Kier molecular flexibility index (Phi) is 6.01. The summed E-state index contributed by atoms with van der Waals surface area (Å²) in [5.74, 6) is -1.24. The van der Waals surface area contributed by atoms with Crippen molar-refractivity contribution in [2.45, 2.75) is 6.04 Å². The Morgan fingerprint density at radius 2 is 1.89 bits per heavy atom. The number of benzene rings is 3. The summed E-state index contributed by atoms with van der Waals surface area (Å²) in [7, 11) is 1.58. The number of halogens is 2. The fourth-order valence-electron chi connectivity index (χ4n) is 2.84. The van der Waals surface area contributed by atoms with E-state index >= 15 is 0 Å². The first kappa shape index (κ1) is 19.5. The number of carbonyl (C=O) groups is 1. The van der Waals surface area contributed by atoms with Crippen LogP contribution < -0.4 is 10.1 Å². The molecule has 144 valence electrons. The van der Waals surface area contributed by atoms with Crippen LogP contribution in [0.1, 0.15) is 17.2 Å². The number of hydrogen-bond donors (Lipinski definition) is 2. The normalized spacial score (nSPS) is 12.3. The van der Waals surface area contributed by atoms with Crippen LogP contribution in [0.4, 0.5) is 8.78 Å². The molecule has 0 aromatic heterocycles. The second-order valence-electron chi connectivity index (χ2n) is 6.22. The molecule has 1 atom stereocenters. The Morgan fingerprint density at radius 1 is 1.11 bits per heavy atom. The Balaban J connectivity index is 1.76. The molecule has 3 aromatic carbocycles. The third kappa shape index (κ3) is 4.53. The summed E-state index contributed by atoms with van der Waals surface area (Å²) in [6.45, 7) is -0.306. The minimum atomic E-state index is -0.758. The maximum absolute atomic E-state index is 13.6. The number of amides is 1. The molecule has 0 fully saturated rings. The predicted molar refractivity (Wildman–Crippen MR) is 104 cm³/mol. The summed E-state index contributed by atoms with van der Waals surface area (Å²) in [5, 5.41) is 14.3. The van der Waals surface area contributed by atoms with Crippen molar-refractivity contribution in [2.24, 2.45) is 0 Å². The molecule has 0 saturated carbocycles. The monoisotopic (exact) mass is 383 g/mol. The molecule has 1 amide bonds. The highest BCUT2D eigenvalue weighted by Gasteiger charge is 2.13. The van der Waals surface area contributed by atoms with Crippen LogP contribution in [0.5, 0.6) is 5.75 Å². The molecule has 0 heterocycles. The first-order chi connectivity index (χ1) is 13.5. The third-order valence-electron chi connectivity index (χ3n) is 4.35. The van der Waals surface area contributed by atoms with Gasteiger partial charge in [0.05, 0.1) is 19.8 Å². The lowest BCUT2D eigenvalue weighted by Gasteiger charge is -2.16. The van der Waals surface area contributed by atoms with E-state index in [1.54, 1.807) is 7.11 Å². The Morgan fingerprint density at radius 3 is 2.61 bits per heavy atom.